The van der Waals surface area contributed by atoms with E-state index in [9.17, 15) is 4.79 Å². The average Bonchev–Trinajstić information content (AvgIpc) is 2.12. The van der Waals surface area contributed by atoms with Crippen LogP contribution in [0.5, 0.6) is 0 Å². The van der Waals surface area contributed by atoms with Crippen molar-refractivity contribution >= 4 is 5.91 Å². The standard InChI is InChI=1S/C10H22N2O/c1-4-8(5-2)7-12-9(6-3)10(11)13/h8-9,12H,4-7H2,1-3H3,(H2,11,13). The predicted octanol–water partition coefficient (Wildman–Crippen LogP) is 1.28. The van der Waals surface area contributed by atoms with E-state index < -0.39 is 0 Å². The zero-order valence-corrected chi connectivity index (χ0v) is 8.97. The Bertz CT molecular complexity index is 144. The highest BCUT2D eigenvalue weighted by atomic mass is 16.1. The number of hydrogen-bond acceptors (Lipinski definition) is 2. The van der Waals surface area contributed by atoms with Gasteiger partial charge >= 0.3 is 0 Å². The van der Waals surface area contributed by atoms with Gasteiger partial charge in [-0.1, -0.05) is 33.6 Å². The van der Waals surface area contributed by atoms with Crippen LogP contribution in [-0.2, 0) is 4.79 Å². The third-order valence-corrected chi connectivity index (χ3v) is 2.56. The largest absolute Gasteiger partial charge is 0.368 e. The second-order valence-electron chi connectivity index (χ2n) is 3.45. The monoisotopic (exact) mass is 186 g/mol. The third kappa shape index (κ3) is 4.88. The molecule has 3 heteroatoms. The number of amides is 1. The van der Waals surface area contributed by atoms with Crippen molar-refractivity contribution in [3.8, 4) is 0 Å². The predicted molar refractivity (Wildman–Crippen MR) is 55.3 cm³/mol. The molecule has 1 amide bonds. The van der Waals surface area contributed by atoms with Gasteiger partial charge < -0.3 is 11.1 Å². The van der Waals surface area contributed by atoms with E-state index in [2.05, 4.69) is 19.2 Å². The SMILES string of the molecule is CCC(CC)CNC(CC)C(N)=O. The molecular formula is C10H22N2O. The van der Waals surface area contributed by atoms with E-state index >= 15 is 0 Å². The Morgan fingerprint density at radius 2 is 1.77 bits per heavy atom. The van der Waals surface area contributed by atoms with Crippen molar-refractivity contribution in [3.63, 3.8) is 0 Å². The summed E-state index contributed by atoms with van der Waals surface area (Å²) in [5, 5.41) is 3.20. The summed E-state index contributed by atoms with van der Waals surface area (Å²) < 4.78 is 0. The van der Waals surface area contributed by atoms with Gasteiger partial charge in [0, 0.05) is 0 Å². The fraction of sp³-hybridized carbons (Fsp3) is 0.900. The second kappa shape index (κ2) is 6.89. The lowest BCUT2D eigenvalue weighted by Gasteiger charge is -2.17. The smallest absolute Gasteiger partial charge is 0.234 e. The highest BCUT2D eigenvalue weighted by molar-refractivity contribution is 5.79. The van der Waals surface area contributed by atoms with E-state index in [-0.39, 0.29) is 11.9 Å². The van der Waals surface area contributed by atoms with Crippen LogP contribution in [0.25, 0.3) is 0 Å². The number of nitrogens with two attached hydrogens (primary N) is 1. The molecule has 1 unspecified atom stereocenters. The van der Waals surface area contributed by atoms with Gasteiger partial charge in [-0.25, -0.2) is 0 Å². The molecule has 0 saturated carbocycles. The Morgan fingerprint density at radius 1 is 1.23 bits per heavy atom. The Kier molecular flexibility index (Phi) is 6.59. The minimum atomic E-state index is -0.242. The van der Waals surface area contributed by atoms with Gasteiger partial charge in [-0.3, -0.25) is 4.79 Å². The lowest BCUT2D eigenvalue weighted by molar-refractivity contribution is -0.120. The van der Waals surface area contributed by atoms with Gasteiger partial charge in [-0.05, 0) is 18.9 Å². The maximum atomic E-state index is 10.9. The number of hydrogen-bond donors (Lipinski definition) is 2. The first-order chi connectivity index (χ1) is 6.15. The average molecular weight is 186 g/mol. The number of carbonyl (C=O) groups excluding carboxylic acids is 1. The van der Waals surface area contributed by atoms with Gasteiger partial charge in [0.15, 0.2) is 0 Å². The van der Waals surface area contributed by atoms with Crippen molar-refractivity contribution in [2.24, 2.45) is 11.7 Å². The van der Waals surface area contributed by atoms with Gasteiger partial charge in [-0.2, -0.15) is 0 Å². The van der Waals surface area contributed by atoms with Crippen LogP contribution in [0.1, 0.15) is 40.0 Å². The lowest BCUT2D eigenvalue weighted by Crippen LogP contribution is -2.42. The Balaban J connectivity index is 3.76. The highest BCUT2D eigenvalue weighted by Gasteiger charge is 2.13. The van der Waals surface area contributed by atoms with Crippen LogP contribution in [0, 0.1) is 5.92 Å². The summed E-state index contributed by atoms with van der Waals surface area (Å²) in [5.74, 6) is 0.418. The van der Waals surface area contributed by atoms with Crippen LogP contribution in [0.15, 0.2) is 0 Å². The van der Waals surface area contributed by atoms with Crippen molar-refractivity contribution < 1.29 is 4.79 Å². The van der Waals surface area contributed by atoms with Crippen LogP contribution in [0.4, 0.5) is 0 Å². The summed E-state index contributed by atoms with van der Waals surface area (Å²) in [6, 6.07) is -0.152. The van der Waals surface area contributed by atoms with Crippen LogP contribution in [0.2, 0.25) is 0 Å². The van der Waals surface area contributed by atoms with Gasteiger partial charge in [0.25, 0.3) is 0 Å². The summed E-state index contributed by atoms with van der Waals surface area (Å²) in [6.45, 7) is 7.20. The number of primary amides is 1. The first-order valence-electron chi connectivity index (χ1n) is 5.18. The van der Waals surface area contributed by atoms with Crippen LogP contribution >= 0.6 is 0 Å². The molecule has 0 bridgehead atoms. The van der Waals surface area contributed by atoms with E-state index in [4.69, 9.17) is 5.73 Å². The van der Waals surface area contributed by atoms with E-state index in [0.29, 0.717) is 5.92 Å². The molecule has 1 atom stereocenters. The van der Waals surface area contributed by atoms with E-state index in [1.165, 1.54) is 0 Å². The lowest BCUT2D eigenvalue weighted by atomic mass is 10.0. The van der Waals surface area contributed by atoms with Crippen molar-refractivity contribution in [1.29, 1.82) is 0 Å². The summed E-state index contributed by atoms with van der Waals surface area (Å²) in [4.78, 5) is 10.9. The van der Waals surface area contributed by atoms with Crippen LogP contribution in [0.3, 0.4) is 0 Å². The summed E-state index contributed by atoms with van der Waals surface area (Å²) in [5.41, 5.74) is 5.21. The Hall–Kier alpha value is -0.570. The van der Waals surface area contributed by atoms with Crippen molar-refractivity contribution in [2.45, 2.75) is 46.1 Å². The molecule has 0 saturated heterocycles. The summed E-state index contributed by atoms with van der Waals surface area (Å²) in [7, 11) is 0. The Labute approximate surface area is 81.1 Å². The van der Waals surface area contributed by atoms with E-state index in [0.717, 1.165) is 25.8 Å². The maximum absolute atomic E-state index is 10.9. The minimum Gasteiger partial charge on any atom is -0.368 e. The number of carbonyl (C=O) groups is 1. The third-order valence-electron chi connectivity index (χ3n) is 2.56. The molecule has 0 aliphatic rings. The molecule has 0 spiro atoms. The van der Waals surface area contributed by atoms with E-state index in [1.807, 2.05) is 6.92 Å². The second-order valence-corrected chi connectivity index (χ2v) is 3.45. The molecule has 78 valence electrons. The molecule has 0 aromatic heterocycles. The van der Waals surface area contributed by atoms with Crippen molar-refractivity contribution in [2.75, 3.05) is 6.54 Å². The normalized spacial score (nSPS) is 13.2. The molecule has 0 rings (SSSR count). The highest BCUT2D eigenvalue weighted by Crippen LogP contribution is 2.05. The molecule has 13 heavy (non-hydrogen) atoms. The molecule has 0 aliphatic heterocycles. The quantitative estimate of drug-likeness (QED) is 0.629. The van der Waals surface area contributed by atoms with E-state index in [1.54, 1.807) is 0 Å². The maximum Gasteiger partial charge on any atom is 0.234 e. The molecule has 0 fully saturated rings. The fourth-order valence-corrected chi connectivity index (χ4v) is 1.33. The molecular weight excluding hydrogens is 164 g/mol. The zero-order chi connectivity index (χ0) is 10.3. The van der Waals surface area contributed by atoms with Crippen molar-refractivity contribution in [1.82, 2.24) is 5.32 Å². The number of rotatable bonds is 7. The zero-order valence-electron chi connectivity index (χ0n) is 8.97. The van der Waals surface area contributed by atoms with Crippen molar-refractivity contribution in [3.05, 3.63) is 0 Å². The fourth-order valence-electron chi connectivity index (χ4n) is 1.33. The number of nitrogens with one attached hydrogen (secondary N) is 1. The van der Waals surface area contributed by atoms with Crippen LogP contribution < -0.4 is 11.1 Å². The summed E-state index contributed by atoms with van der Waals surface area (Å²) in [6.07, 6.45) is 3.08. The first kappa shape index (κ1) is 12.4. The Morgan fingerprint density at radius 3 is 2.08 bits per heavy atom. The van der Waals surface area contributed by atoms with Gasteiger partial charge in [-0.15, -0.1) is 0 Å². The van der Waals surface area contributed by atoms with Gasteiger partial charge in [0.05, 0.1) is 6.04 Å². The van der Waals surface area contributed by atoms with Gasteiger partial charge in [0.1, 0.15) is 0 Å². The van der Waals surface area contributed by atoms with Gasteiger partial charge in [0.2, 0.25) is 5.91 Å². The molecule has 3 N–H and O–H groups in total. The van der Waals surface area contributed by atoms with Crippen LogP contribution in [-0.4, -0.2) is 18.5 Å². The summed E-state index contributed by atoms with van der Waals surface area (Å²) >= 11 is 0. The molecule has 3 nitrogen and oxygen atoms in total. The molecule has 0 heterocycles. The molecule has 0 aromatic rings. The molecule has 0 aliphatic carbocycles. The topological polar surface area (TPSA) is 55.1 Å². The molecule has 0 radical (unpaired) electrons. The minimum absolute atomic E-state index is 0.152. The first-order valence-corrected chi connectivity index (χ1v) is 5.18. The molecule has 0 aromatic carbocycles.